The van der Waals surface area contributed by atoms with Crippen LogP contribution >= 0.6 is 0 Å². The zero-order chi connectivity index (χ0) is 33.1. The monoisotopic (exact) mass is 618 g/mol. The van der Waals surface area contributed by atoms with Gasteiger partial charge in [-0.1, -0.05) is 155 Å². The molecule has 0 aromatic heterocycles. The molecule has 5 rings (SSSR count). The zero-order valence-corrected chi connectivity index (χ0v) is 27.2. The van der Waals surface area contributed by atoms with E-state index in [1.165, 1.54) is 0 Å². The second-order valence-electron chi connectivity index (χ2n) is 13.4. The van der Waals surface area contributed by atoms with Gasteiger partial charge in [-0.3, -0.25) is 9.59 Å². The minimum Gasteiger partial charge on any atom is -0.378 e. The van der Waals surface area contributed by atoms with Gasteiger partial charge in [-0.2, -0.15) is 0 Å². The molecular weight excluding hydrogens is 572 g/mol. The number of hydrogen-bond donors (Lipinski definition) is 3. The van der Waals surface area contributed by atoms with Crippen LogP contribution in [0.25, 0.3) is 0 Å². The van der Waals surface area contributed by atoms with Crippen molar-refractivity contribution >= 4 is 11.8 Å². The summed E-state index contributed by atoms with van der Waals surface area (Å²) in [6.07, 6.45) is 1.32. The van der Waals surface area contributed by atoms with E-state index >= 15 is 4.79 Å². The SMILES string of the molecule is CC(C)[C@@H](N(C(=O)C1(C(N)=O)CCC1)[C@H](C(C)C)C(O)(c1ccccc1)c1ccccc1)C(O)(c1ccccc1)c1ccccc1. The summed E-state index contributed by atoms with van der Waals surface area (Å²) < 4.78 is 0. The van der Waals surface area contributed by atoms with Crippen molar-refractivity contribution in [3.05, 3.63) is 144 Å². The summed E-state index contributed by atoms with van der Waals surface area (Å²) >= 11 is 0. The maximum absolute atomic E-state index is 15.4. The van der Waals surface area contributed by atoms with Gasteiger partial charge < -0.3 is 20.8 Å². The van der Waals surface area contributed by atoms with Crippen LogP contribution in [0.15, 0.2) is 121 Å². The van der Waals surface area contributed by atoms with Crippen LogP contribution in [0.1, 0.15) is 69.2 Å². The first-order chi connectivity index (χ1) is 22.0. The Balaban J connectivity index is 1.89. The molecule has 2 amide bonds. The number of hydrogen-bond acceptors (Lipinski definition) is 4. The van der Waals surface area contributed by atoms with Crippen molar-refractivity contribution in [1.29, 1.82) is 0 Å². The van der Waals surface area contributed by atoms with Crippen LogP contribution in [0, 0.1) is 17.3 Å². The fourth-order valence-electron chi connectivity index (χ4n) is 7.56. The van der Waals surface area contributed by atoms with E-state index in [0.717, 1.165) is 0 Å². The molecular formula is C40H46N2O4. The van der Waals surface area contributed by atoms with Crippen molar-refractivity contribution in [2.75, 3.05) is 0 Å². The predicted molar refractivity (Wildman–Crippen MR) is 181 cm³/mol. The van der Waals surface area contributed by atoms with Crippen molar-refractivity contribution in [3.63, 3.8) is 0 Å². The second-order valence-corrected chi connectivity index (χ2v) is 13.4. The predicted octanol–water partition coefficient (Wildman–Crippen LogP) is 6.39. The molecule has 0 bridgehead atoms. The quantitative estimate of drug-likeness (QED) is 0.160. The molecule has 0 spiro atoms. The highest BCUT2D eigenvalue weighted by atomic mass is 16.3. The minimum atomic E-state index is -1.73. The van der Waals surface area contributed by atoms with Gasteiger partial charge in [-0.25, -0.2) is 0 Å². The minimum absolute atomic E-state index is 0.317. The highest BCUT2D eigenvalue weighted by Crippen LogP contribution is 2.50. The summed E-state index contributed by atoms with van der Waals surface area (Å²) in [5.41, 5.74) is 3.59. The molecule has 1 saturated carbocycles. The topological polar surface area (TPSA) is 104 Å². The molecule has 1 aliphatic rings. The molecule has 4 aromatic rings. The Kier molecular flexibility index (Phi) is 9.52. The van der Waals surface area contributed by atoms with Gasteiger partial charge in [0.1, 0.15) is 16.6 Å². The van der Waals surface area contributed by atoms with E-state index in [1.807, 2.05) is 149 Å². The Morgan fingerprint density at radius 3 is 1.09 bits per heavy atom. The fraction of sp³-hybridized carbons (Fsp3) is 0.350. The number of aliphatic hydroxyl groups is 2. The Morgan fingerprint density at radius 2 is 0.891 bits per heavy atom. The third-order valence-electron chi connectivity index (χ3n) is 9.90. The van der Waals surface area contributed by atoms with E-state index < -0.39 is 40.5 Å². The summed E-state index contributed by atoms with van der Waals surface area (Å²) in [7, 11) is 0. The van der Waals surface area contributed by atoms with E-state index in [4.69, 9.17) is 5.73 Å². The Bertz CT molecular complexity index is 1420. The molecule has 0 saturated heterocycles. The number of carbonyl (C=O) groups excluding carboxylic acids is 2. The van der Waals surface area contributed by atoms with Crippen LogP contribution in [-0.2, 0) is 20.8 Å². The van der Waals surface area contributed by atoms with Gasteiger partial charge in [0, 0.05) is 0 Å². The summed E-state index contributed by atoms with van der Waals surface area (Å²) in [6.45, 7) is 7.89. The molecule has 0 heterocycles. The number of primary amides is 1. The summed E-state index contributed by atoms with van der Waals surface area (Å²) in [6, 6.07) is 35.6. The van der Waals surface area contributed by atoms with E-state index in [-0.39, 0.29) is 11.8 Å². The largest absolute Gasteiger partial charge is 0.378 e. The molecule has 46 heavy (non-hydrogen) atoms. The van der Waals surface area contributed by atoms with Crippen molar-refractivity contribution in [2.45, 2.75) is 70.2 Å². The average molecular weight is 619 g/mol. The van der Waals surface area contributed by atoms with Crippen molar-refractivity contribution in [2.24, 2.45) is 23.0 Å². The van der Waals surface area contributed by atoms with Crippen LogP contribution in [-0.4, -0.2) is 39.0 Å². The molecule has 0 unspecified atom stereocenters. The summed E-state index contributed by atoms with van der Waals surface area (Å²) in [5.74, 6) is -1.81. The number of amides is 2. The van der Waals surface area contributed by atoms with Crippen LogP contribution in [0.5, 0.6) is 0 Å². The van der Waals surface area contributed by atoms with E-state index in [2.05, 4.69) is 0 Å². The van der Waals surface area contributed by atoms with Gasteiger partial charge in [-0.05, 0) is 46.9 Å². The highest BCUT2D eigenvalue weighted by molar-refractivity contribution is 6.05. The molecule has 1 fully saturated rings. The Morgan fingerprint density at radius 1 is 0.609 bits per heavy atom. The van der Waals surface area contributed by atoms with Crippen LogP contribution in [0.4, 0.5) is 0 Å². The molecule has 1 aliphatic carbocycles. The maximum Gasteiger partial charge on any atom is 0.239 e. The highest BCUT2D eigenvalue weighted by Gasteiger charge is 2.60. The van der Waals surface area contributed by atoms with Gasteiger partial charge in [0.25, 0.3) is 0 Å². The van der Waals surface area contributed by atoms with Gasteiger partial charge in [0.05, 0.1) is 12.1 Å². The molecule has 0 radical (unpaired) electrons. The molecule has 4 aromatic carbocycles. The van der Waals surface area contributed by atoms with Crippen LogP contribution in [0.3, 0.4) is 0 Å². The standard InChI is InChI=1S/C40H46N2O4/c1-28(2)34(39(45,30-18-9-5-10-19-30)31-20-11-6-12-21-31)42(37(44)38(36(41)43)26-17-27-38)35(29(3)4)40(46,32-22-13-7-14-23-32)33-24-15-8-16-25-33/h5-16,18-25,28-29,34-35,45-46H,17,26-27H2,1-4H3,(H2,41,43)/t34-,35-/m1/s1. The second kappa shape index (κ2) is 13.2. The van der Waals surface area contributed by atoms with Gasteiger partial charge in [0.2, 0.25) is 11.8 Å². The Labute approximate surface area is 272 Å². The molecule has 6 heteroatoms. The molecule has 240 valence electrons. The van der Waals surface area contributed by atoms with Crippen molar-refractivity contribution in [1.82, 2.24) is 4.90 Å². The van der Waals surface area contributed by atoms with Gasteiger partial charge in [0.15, 0.2) is 0 Å². The molecule has 2 atom stereocenters. The first-order valence-corrected chi connectivity index (χ1v) is 16.3. The zero-order valence-electron chi connectivity index (χ0n) is 27.2. The van der Waals surface area contributed by atoms with E-state index in [0.29, 0.717) is 41.5 Å². The molecule has 4 N–H and O–H groups in total. The average Bonchev–Trinajstić information content (AvgIpc) is 3.04. The van der Waals surface area contributed by atoms with Gasteiger partial charge in [-0.15, -0.1) is 0 Å². The van der Waals surface area contributed by atoms with Crippen LogP contribution < -0.4 is 5.73 Å². The smallest absolute Gasteiger partial charge is 0.239 e. The van der Waals surface area contributed by atoms with E-state index in [9.17, 15) is 15.0 Å². The molecule has 0 aliphatic heterocycles. The summed E-state index contributed by atoms with van der Waals surface area (Å²) in [4.78, 5) is 30.3. The van der Waals surface area contributed by atoms with Crippen molar-refractivity contribution in [3.8, 4) is 0 Å². The maximum atomic E-state index is 15.4. The molecule has 6 nitrogen and oxygen atoms in total. The van der Waals surface area contributed by atoms with Gasteiger partial charge >= 0.3 is 0 Å². The first-order valence-electron chi connectivity index (χ1n) is 16.3. The Hall–Kier alpha value is -4.26. The van der Waals surface area contributed by atoms with Crippen LogP contribution in [0.2, 0.25) is 0 Å². The number of nitrogens with two attached hydrogens (primary N) is 1. The van der Waals surface area contributed by atoms with E-state index in [1.54, 1.807) is 4.90 Å². The number of carbonyl (C=O) groups is 2. The number of nitrogens with zero attached hydrogens (tertiary/aromatic N) is 1. The third-order valence-corrected chi connectivity index (χ3v) is 9.90. The van der Waals surface area contributed by atoms with Crippen molar-refractivity contribution < 1.29 is 19.8 Å². The first kappa shape index (κ1) is 33.1. The number of rotatable bonds is 12. The third kappa shape index (κ3) is 5.54. The lowest BCUT2D eigenvalue weighted by Crippen LogP contribution is -2.69. The summed E-state index contributed by atoms with van der Waals surface area (Å²) in [5, 5.41) is 26.7. The fourth-order valence-corrected chi connectivity index (χ4v) is 7.56. The number of benzene rings is 4. The lowest BCUT2D eigenvalue weighted by molar-refractivity contribution is -0.178. The normalized spacial score (nSPS) is 16.0. The lowest BCUT2D eigenvalue weighted by atomic mass is 9.64. The lowest BCUT2D eigenvalue weighted by Gasteiger charge is -2.56.